The van der Waals surface area contributed by atoms with Gasteiger partial charge in [0.05, 0.1) is 24.2 Å². The van der Waals surface area contributed by atoms with Crippen LogP contribution in [0.2, 0.25) is 0 Å². The van der Waals surface area contributed by atoms with Gasteiger partial charge < -0.3 is 15.7 Å². The van der Waals surface area contributed by atoms with Gasteiger partial charge in [-0.15, -0.1) is 0 Å². The van der Waals surface area contributed by atoms with E-state index in [9.17, 15) is 13.5 Å². The highest BCUT2D eigenvalue weighted by atomic mass is 32.2. The molecule has 27 heavy (non-hydrogen) atoms. The number of nitrogens with zero attached hydrogens (tertiary/aromatic N) is 1. The smallest absolute Gasteiger partial charge is 0.191 e. The number of hydrogen-bond acceptors (Lipinski definition) is 4. The van der Waals surface area contributed by atoms with Crippen LogP contribution in [-0.2, 0) is 9.84 Å². The fraction of sp³-hybridized carbons (Fsp3) is 0.950. The van der Waals surface area contributed by atoms with Gasteiger partial charge in [-0.25, -0.2) is 8.42 Å². The Hall–Kier alpha value is -0.820. The summed E-state index contributed by atoms with van der Waals surface area (Å²) >= 11 is 0. The highest BCUT2D eigenvalue weighted by Gasteiger charge is 2.35. The number of hydrogen-bond donors (Lipinski definition) is 3. The molecule has 2 saturated carbocycles. The second-order valence-corrected chi connectivity index (χ2v) is 11.4. The van der Waals surface area contributed by atoms with E-state index in [0.717, 1.165) is 38.1 Å². The molecular weight excluding hydrogens is 362 g/mol. The Morgan fingerprint density at radius 1 is 1.11 bits per heavy atom. The second-order valence-electron chi connectivity index (χ2n) is 9.21. The molecule has 0 aromatic heterocycles. The van der Waals surface area contributed by atoms with E-state index >= 15 is 0 Å². The molecule has 0 radical (unpaired) electrons. The molecule has 1 heterocycles. The van der Waals surface area contributed by atoms with Gasteiger partial charge in [-0.3, -0.25) is 4.99 Å². The molecule has 0 amide bonds. The van der Waals surface area contributed by atoms with Gasteiger partial charge in [0, 0.05) is 18.0 Å². The van der Waals surface area contributed by atoms with Crippen LogP contribution in [0, 0.1) is 11.3 Å². The number of guanidine groups is 1. The van der Waals surface area contributed by atoms with Crippen molar-refractivity contribution in [3.05, 3.63) is 0 Å². The Bertz CT molecular complexity index is 616. The number of rotatable bonds is 5. The van der Waals surface area contributed by atoms with E-state index in [0.29, 0.717) is 24.9 Å². The summed E-state index contributed by atoms with van der Waals surface area (Å²) in [5.74, 6) is 1.56. The van der Waals surface area contributed by atoms with Crippen molar-refractivity contribution in [1.29, 1.82) is 0 Å². The molecule has 3 aliphatic rings. The van der Waals surface area contributed by atoms with Crippen molar-refractivity contribution in [3.63, 3.8) is 0 Å². The zero-order valence-electron chi connectivity index (χ0n) is 16.8. The summed E-state index contributed by atoms with van der Waals surface area (Å²) in [7, 11) is -2.85. The standard InChI is InChI=1S/C20H37N3O3S/c1-20(11-6-5-9-18(20)24)15-22-19(23-17-7-3-2-4-8-17)21-13-16-10-12-27(25,26)14-16/h16-18,24H,2-15H2,1H3,(H2,21,22,23). The molecule has 0 spiro atoms. The number of aliphatic hydroxyl groups excluding tert-OH is 1. The molecule has 3 N–H and O–H groups in total. The molecule has 3 atom stereocenters. The third-order valence-corrected chi connectivity index (χ3v) is 8.55. The fourth-order valence-corrected chi connectivity index (χ4v) is 6.55. The van der Waals surface area contributed by atoms with Crippen molar-refractivity contribution >= 4 is 15.8 Å². The van der Waals surface area contributed by atoms with Crippen LogP contribution >= 0.6 is 0 Å². The van der Waals surface area contributed by atoms with Gasteiger partial charge >= 0.3 is 0 Å². The van der Waals surface area contributed by atoms with Crippen LogP contribution in [0.5, 0.6) is 0 Å². The number of aliphatic imine (C=N–C) groups is 1. The van der Waals surface area contributed by atoms with Gasteiger partial charge in [-0.05, 0) is 38.0 Å². The third-order valence-electron chi connectivity index (χ3n) is 6.71. The van der Waals surface area contributed by atoms with Gasteiger partial charge in [0.2, 0.25) is 0 Å². The van der Waals surface area contributed by atoms with Crippen LogP contribution in [0.3, 0.4) is 0 Å². The minimum Gasteiger partial charge on any atom is -0.392 e. The van der Waals surface area contributed by atoms with Crippen LogP contribution in [-0.4, -0.2) is 56.2 Å². The van der Waals surface area contributed by atoms with E-state index in [4.69, 9.17) is 4.99 Å². The summed E-state index contributed by atoms with van der Waals surface area (Å²) in [4.78, 5) is 4.85. The zero-order valence-corrected chi connectivity index (χ0v) is 17.6. The Morgan fingerprint density at radius 2 is 1.85 bits per heavy atom. The normalized spacial score (nSPS) is 35.1. The largest absolute Gasteiger partial charge is 0.392 e. The fourth-order valence-electron chi connectivity index (χ4n) is 4.69. The molecule has 1 saturated heterocycles. The predicted octanol–water partition coefficient (Wildman–Crippen LogP) is 2.23. The molecule has 3 rings (SSSR count). The highest BCUT2D eigenvalue weighted by Crippen LogP contribution is 2.36. The Kier molecular flexibility index (Phi) is 7.06. The summed E-state index contributed by atoms with van der Waals surface area (Å²) in [6.07, 6.45) is 10.7. The summed E-state index contributed by atoms with van der Waals surface area (Å²) in [6, 6.07) is 0.446. The van der Waals surface area contributed by atoms with E-state index in [1.54, 1.807) is 0 Å². The lowest BCUT2D eigenvalue weighted by molar-refractivity contribution is 0.00715. The molecule has 3 unspecified atom stereocenters. The summed E-state index contributed by atoms with van der Waals surface area (Å²) < 4.78 is 23.4. The monoisotopic (exact) mass is 399 g/mol. The summed E-state index contributed by atoms with van der Waals surface area (Å²) in [5.41, 5.74) is -0.157. The van der Waals surface area contributed by atoms with E-state index in [1.165, 1.54) is 32.1 Å². The maximum absolute atomic E-state index is 11.7. The molecule has 0 bridgehead atoms. The van der Waals surface area contributed by atoms with Gasteiger partial charge in [-0.2, -0.15) is 0 Å². The van der Waals surface area contributed by atoms with Crippen LogP contribution in [0.25, 0.3) is 0 Å². The highest BCUT2D eigenvalue weighted by molar-refractivity contribution is 7.91. The van der Waals surface area contributed by atoms with Crippen molar-refractivity contribution in [2.75, 3.05) is 24.6 Å². The second kappa shape index (κ2) is 9.12. The number of aliphatic hydroxyl groups is 1. The lowest BCUT2D eigenvalue weighted by Gasteiger charge is -2.37. The van der Waals surface area contributed by atoms with Crippen molar-refractivity contribution in [2.45, 2.75) is 83.3 Å². The topological polar surface area (TPSA) is 90.8 Å². The first kappa shape index (κ1) is 20.9. The van der Waals surface area contributed by atoms with E-state index in [1.807, 2.05) is 0 Å². The maximum atomic E-state index is 11.7. The summed E-state index contributed by atoms with van der Waals surface area (Å²) in [6.45, 7) is 3.40. The molecule has 3 fully saturated rings. The first-order valence-corrected chi connectivity index (χ1v) is 12.6. The average molecular weight is 400 g/mol. The van der Waals surface area contributed by atoms with Crippen LogP contribution in [0.4, 0.5) is 0 Å². The quantitative estimate of drug-likeness (QED) is 0.487. The Morgan fingerprint density at radius 3 is 2.52 bits per heavy atom. The maximum Gasteiger partial charge on any atom is 0.191 e. The van der Waals surface area contributed by atoms with Gasteiger partial charge in [0.25, 0.3) is 0 Å². The van der Waals surface area contributed by atoms with Gasteiger partial charge in [0.15, 0.2) is 15.8 Å². The molecule has 156 valence electrons. The van der Waals surface area contributed by atoms with Gasteiger partial charge in [0.1, 0.15) is 0 Å². The third kappa shape index (κ3) is 6.08. The van der Waals surface area contributed by atoms with Crippen LogP contribution in [0.1, 0.15) is 71.1 Å². The van der Waals surface area contributed by atoms with Crippen molar-refractivity contribution in [3.8, 4) is 0 Å². The minimum atomic E-state index is -2.85. The van der Waals surface area contributed by atoms with Crippen molar-refractivity contribution in [1.82, 2.24) is 10.6 Å². The molecular formula is C20H37N3O3S. The minimum absolute atomic E-state index is 0.157. The van der Waals surface area contributed by atoms with Gasteiger partial charge in [-0.1, -0.05) is 39.0 Å². The average Bonchev–Trinajstić information content (AvgIpc) is 3.00. The molecule has 0 aromatic rings. The zero-order chi connectivity index (χ0) is 19.3. The number of nitrogens with one attached hydrogen (secondary N) is 2. The van der Waals surface area contributed by atoms with Crippen molar-refractivity contribution < 1.29 is 13.5 Å². The Balaban J connectivity index is 1.61. The molecule has 0 aromatic carbocycles. The molecule has 2 aliphatic carbocycles. The van der Waals surface area contributed by atoms with E-state index in [-0.39, 0.29) is 23.2 Å². The van der Waals surface area contributed by atoms with Crippen LogP contribution in [0.15, 0.2) is 4.99 Å². The first-order valence-electron chi connectivity index (χ1n) is 10.8. The number of sulfone groups is 1. The van der Waals surface area contributed by atoms with E-state index in [2.05, 4.69) is 17.6 Å². The molecule has 1 aliphatic heterocycles. The molecule has 6 nitrogen and oxygen atoms in total. The van der Waals surface area contributed by atoms with Crippen LogP contribution < -0.4 is 10.6 Å². The Labute approximate surface area is 164 Å². The lowest BCUT2D eigenvalue weighted by atomic mass is 9.73. The lowest BCUT2D eigenvalue weighted by Crippen LogP contribution is -2.47. The molecule has 7 heteroatoms. The van der Waals surface area contributed by atoms with E-state index < -0.39 is 9.84 Å². The first-order chi connectivity index (χ1) is 12.9. The summed E-state index contributed by atoms with van der Waals surface area (Å²) in [5, 5.41) is 17.4. The predicted molar refractivity (Wildman–Crippen MR) is 110 cm³/mol. The SMILES string of the molecule is CC1(CN=C(NCC2CCS(=O)(=O)C2)NC2CCCCC2)CCCCC1O. The van der Waals surface area contributed by atoms with Crippen molar-refractivity contribution in [2.24, 2.45) is 16.3 Å².